The van der Waals surface area contributed by atoms with Crippen LogP contribution < -0.4 is 10.2 Å². The van der Waals surface area contributed by atoms with E-state index in [1.54, 1.807) is 48.5 Å². The Morgan fingerprint density at radius 2 is 1.16 bits per heavy atom. The molecule has 1 aliphatic heterocycles. The second-order valence-electron chi connectivity index (χ2n) is 8.97. The molecule has 2 aromatic rings. The van der Waals surface area contributed by atoms with Gasteiger partial charge in [-0.05, 0) is 49.2 Å². The van der Waals surface area contributed by atoms with Gasteiger partial charge in [-0.1, -0.05) is 69.9 Å². The van der Waals surface area contributed by atoms with Gasteiger partial charge in [-0.15, -0.1) is 0 Å². The number of nitrogens with zero attached hydrogens (tertiary/aromatic N) is 1. The van der Waals surface area contributed by atoms with Gasteiger partial charge in [-0.3, -0.25) is 14.4 Å². The maximum atomic E-state index is 12.9. The van der Waals surface area contributed by atoms with Crippen molar-refractivity contribution in [3.8, 4) is 0 Å². The van der Waals surface area contributed by atoms with E-state index in [9.17, 15) is 14.4 Å². The highest BCUT2D eigenvalue weighted by Crippen LogP contribution is 2.28. The van der Waals surface area contributed by atoms with Crippen molar-refractivity contribution in [3.05, 3.63) is 65.2 Å². The largest absolute Gasteiger partial charge is 0.349 e. The van der Waals surface area contributed by atoms with Gasteiger partial charge in [0.2, 0.25) is 0 Å². The van der Waals surface area contributed by atoms with Gasteiger partial charge in [0.15, 0.2) is 0 Å². The lowest BCUT2D eigenvalue weighted by Gasteiger charge is -2.20. The molecule has 3 amide bonds. The third kappa shape index (κ3) is 5.09. The molecular weight excluding hydrogens is 400 g/mol. The summed E-state index contributed by atoms with van der Waals surface area (Å²) in [6.07, 6.45) is 13.4. The predicted octanol–water partition coefficient (Wildman–Crippen LogP) is 5.89. The van der Waals surface area contributed by atoms with Crippen LogP contribution in [-0.4, -0.2) is 23.8 Å². The summed E-state index contributed by atoms with van der Waals surface area (Å²) in [7, 11) is 0. The van der Waals surface area contributed by atoms with Gasteiger partial charge in [-0.2, -0.15) is 0 Å². The molecule has 0 spiro atoms. The van der Waals surface area contributed by atoms with E-state index in [4.69, 9.17) is 0 Å². The molecular formula is C27H32N2O3. The Balaban J connectivity index is 1.39. The highest BCUT2D eigenvalue weighted by molar-refractivity contribution is 6.34. The van der Waals surface area contributed by atoms with Gasteiger partial charge in [0.25, 0.3) is 17.7 Å². The van der Waals surface area contributed by atoms with Gasteiger partial charge in [0.1, 0.15) is 0 Å². The Labute approximate surface area is 190 Å². The fourth-order valence-corrected chi connectivity index (χ4v) is 4.76. The minimum absolute atomic E-state index is 0.0870. The molecule has 2 aliphatic rings. The lowest BCUT2D eigenvalue weighted by Crippen LogP contribution is -2.35. The van der Waals surface area contributed by atoms with Crippen molar-refractivity contribution in [2.24, 2.45) is 0 Å². The molecule has 0 bridgehead atoms. The molecule has 32 heavy (non-hydrogen) atoms. The lowest BCUT2D eigenvalue weighted by molar-refractivity contribution is 0.0918. The van der Waals surface area contributed by atoms with Crippen LogP contribution in [0.2, 0.25) is 0 Å². The van der Waals surface area contributed by atoms with Crippen molar-refractivity contribution >= 4 is 23.4 Å². The second-order valence-corrected chi connectivity index (χ2v) is 8.97. The fourth-order valence-electron chi connectivity index (χ4n) is 4.76. The summed E-state index contributed by atoms with van der Waals surface area (Å²) in [6.45, 7) is 0. The molecule has 1 fully saturated rings. The Kier molecular flexibility index (Phi) is 7.35. The smallest absolute Gasteiger partial charge is 0.266 e. The number of nitrogens with one attached hydrogen (secondary N) is 1. The number of carbonyl (C=O) groups is 3. The molecule has 0 radical (unpaired) electrons. The summed E-state index contributed by atoms with van der Waals surface area (Å²) in [6, 6.07) is 13.8. The molecule has 0 aromatic heterocycles. The molecule has 0 atom stereocenters. The Hall–Kier alpha value is -2.95. The molecule has 5 heteroatoms. The number of hydrogen-bond acceptors (Lipinski definition) is 3. The van der Waals surface area contributed by atoms with Crippen LogP contribution in [0.5, 0.6) is 0 Å². The van der Waals surface area contributed by atoms with Gasteiger partial charge in [0, 0.05) is 11.6 Å². The lowest BCUT2D eigenvalue weighted by atomic mass is 9.97. The van der Waals surface area contributed by atoms with Crippen LogP contribution >= 0.6 is 0 Å². The summed E-state index contributed by atoms with van der Waals surface area (Å²) in [4.78, 5) is 39.4. The zero-order valence-corrected chi connectivity index (χ0v) is 18.6. The van der Waals surface area contributed by atoms with Gasteiger partial charge >= 0.3 is 0 Å². The van der Waals surface area contributed by atoms with Crippen LogP contribution in [0.25, 0.3) is 0 Å². The summed E-state index contributed by atoms with van der Waals surface area (Å²) >= 11 is 0. The molecule has 0 unspecified atom stereocenters. The predicted molar refractivity (Wildman–Crippen MR) is 126 cm³/mol. The van der Waals surface area contributed by atoms with Crippen molar-refractivity contribution in [2.75, 3.05) is 4.90 Å². The normalized spacial score (nSPS) is 18.6. The summed E-state index contributed by atoms with van der Waals surface area (Å²) in [5.41, 5.74) is 1.87. The molecule has 2 aromatic carbocycles. The number of benzene rings is 2. The first-order valence-corrected chi connectivity index (χ1v) is 12.0. The highest BCUT2D eigenvalue weighted by Gasteiger charge is 2.36. The van der Waals surface area contributed by atoms with Crippen LogP contribution in [0, 0.1) is 0 Å². The van der Waals surface area contributed by atoms with Crippen molar-refractivity contribution in [1.29, 1.82) is 0 Å². The Bertz CT molecular complexity index is 920. The first kappa shape index (κ1) is 22.3. The zero-order chi connectivity index (χ0) is 22.3. The maximum Gasteiger partial charge on any atom is 0.266 e. The van der Waals surface area contributed by atoms with E-state index in [2.05, 4.69) is 5.32 Å². The standard InChI is InChI=1S/C27H32N2O3/c30-25(28-21-12-8-6-4-2-1-3-5-7-9-13-21)20-16-18-22(19-17-20)29-26(31)23-14-10-11-15-24(23)27(29)32/h10-11,14-19,21H,1-9,12-13H2,(H,28,30). The summed E-state index contributed by atoms with van der Waals surface area (Å²) < 4.78 is 0. The maximum absolute atomic E-state index is 12.9. The average molecular weight is 433 g/mol. The third-order valence-corrected chi connectivity index (χ3v) is 6.62. The number of hydrogen-bond donors (Lipinski definition) is 1. The summed E-state index contributed by atoms with van der Waals surface area (Å²) in [5.74, 6) is -0.733. The van der Waals surface area contributed by atoms with Gasteiger partial charge in [0.05, 0.1) is 16.8 Å². The molecule has 0 saturated heterocycles. The number of imide groups is 1. The minimum atomic E-state index is -0.323. The van der Waals surface area contributed by atoms with E-state index in [0.29, 0.717) is 22.4 Å². The van der Waals surface area contributed by atoms with E-state index >= 15 is 0 Å². The number of carbonyl (C=O) groups excluding carboxylic acids is 3. The van der Waals surface area contributed by atoms with Crippen LogP contribution in [0.3, 0.4) is 0 Å². The van der Waals surface area contributed by atoms with Gasteiger partial charge < -0.3 is 5.32 Å². The molecule has 1 N–H and O–H groups in total. The number of amides is 3. The number of anilines is 1. The van der Waals surface area contributed by atoms with Crippen molar-refractivity contribution in [1.82, 2.24) is 5.32 Å². The number of fused-ring (bicyclic) bond motifs is 1. The van der Waals surface area contributed by atoms with Crippen LogP contribution in [0.4, 0.5) is 5.69 Å². The topological polar surface area (TPSA) is 66.5 Å². The van der Waals surface area contributed by atoms with Crippen molar-refractivity contribution in [2.45, 2.75) is 76.7 Å². The average Bonchev–Trinajstić information content (AvgIpc) is 3.06. The zero-order valence-electron chi connectivity index (χ0n) is 18.6. The molecule has 1 aliphatic carbocycles. The van der Waals surface area contributed by atoms with Crippen LogP contribution in [-0.2, 0) is 0 Å². The Morgan fingerprint density at radius 1 is 0.688 bits per heavy atom. The van der Waals surface area contributed by atoms with E-state index < -0.39 is 0 Å². The van der Waals surface area contributed by atoms with Crippen molar-refractivity contribution < 1.29 is 14.4 Å². The molecule has 1 saturated carbocycles. The molecule has 1 heterocycles. The van der Waals surface area contributed by atoms with Crippen LogP contribution in [0.1, 0.15) is 102 Å². The third-order valence-electron chi connectivity index (χ3n) is 6.62. The molecule has 168 valence electrons. The highest BCUT2D eigenvalue weighted by atomic mass is 16.2. The van der Waals surface area contributed by atoms with Crippen molar-refractivity contribution in [3.63, 3.8) is 0 Å². The Morgan fingerprint density at radius 3 is 1.66 bits per heavy atom. The number of rotatable bonds is 3. The fraction of sp³-hybridized carbons (Fsp3) is 0.444. The second kappa shape index (κ2) is 10.6. The van der Waals surface area contributed by atoms with E-state index in [0.717, 1.165) is 25.7 Å². The molecule has 4 rings (SSSR count). The van der Waals surface area contributed by atoms with Crippen LogP contribution in [0.15, 0.2) is 48.5 Å². The minimum Gasteiger partial charge on any atom is -0.349 e. The van der Waals surface area contributed by atoms with E-state index in [1.165, 1.54) is 49.8 Å². The quantitative estimate of drug-likeness (QED) is 0.615. The van der Waals surface area contributed by atoms with Gasteiger partial charge in [-0.25, -0.2) is 4.90 Å². The monoisotopic (exact) mass is 432 g/mol. The van der Waals surface area contributed by atoms with E-state index in [-0.39, 0.29) is 23.8 Å². The SMILES string of the molecule is O=C(NC1CCCCCCCCCCC1)c1ccc(N2C(=O)c3ccccc3C2=O)cc1. The molecule has 5 nitrogen and oxygen atoms in total. The summed E-state index contributed by atoms with van der Waals surface area (Å²) in [5, 5.41) is 3.22. The first-order valence-electron chi connectivity index (χ1n) is 12.0. The van der Waals surface area contributed by atoms with E-state index in [1.807, 2.05) is 0 Å². The first-order chi connectivity index (χ1) is 15.6.